The summed E-state index contributed by atoms with van der Waals surface area (Å²) in [7, 11) is 0. The van der Waals surface area contributed by atoms with Gasteiger partial charge in [0.15, 0.2) is 0 Å². The Labute approximate surface area is 197 Å². The summed E-state index contributed by atoms with van der Waals surface area (Å²) in [6, 6.07) is -4.52. The van der Waals surface area contributed by atoms with Crippen LogP contribution in [0.15, 0.2) is 0 Å². The van der Waals surface area contributed by atoms with Crippen LogP contribution in [0.25, 0.3) is 0 Å². The second-order valence-corrected chi connectivity index (χ2v) is 8.43. The van der Waals surface area contributed by atoms with Crippen LogP contribution in [0.4, 0.5) is 0 Å². The topological polar surface area (TPSA) is 216 Å². The first kappa shape index (κ1) is 28.8. The number of aliphatic carboxylic acids is 3. The summed E-state index contributed by atoms with van der Waals surface area (Å²) in [5.41, 5.74) is 5.76. The molecule has 1 rings (SSSR count). The average Bonchev–Trinajstić information content (AvgIpc) is 3.26. The van der Waals surface area contributed by atoms with E-state index in [9.17, 15) is 33.9 Å². The van der Waals surface area contributed by atoms with Gasteiger partial charge < -0.3 is 36.6 Å². The summed E-state index contributed by atoms with van der Waals surface area (Å²) in [5.74, 6) is -5.93. The third kappa shape index (κ3) is 8.61. The van der Waals surface area contributed by atoms with Crippen molar-refractivity contribution < 1.29 is 44.1 Å². The van der Waals surface area contributed by atoms with E-state index in [0.29, 0.717) is 12.8 Å². The number of nitrogens with zero attached hydrogens (tertiary/aromatic N) is 1. The van der Waals surface area contributed by atoms with Gasteiger partial charge in [-0.05, 0) is 31.6 Å². The molecular weight excluding hydrogens is 452 g/mol. The second kappa shape index (κ2) is 13.5. The Morgan fingerprint density at radius 1 is 1.00 bits per heavy atom. The average molecular weight is 487 g/mol. The Hall–Kier alpha value is -3.22. The highest BCUT2D eigenvalue weighted by atomic mass is 16.4. The van der Waals surface area contributed by atoms with Gasteiger partial charge in [0.1, 0.15) is 18.1 Å². The van der Waals surface area contributed by atoms with Crippen LogP contribution in [0.1, 0.15) is 58.8 Å². The van der Waals surface area contributed by atoms with E-state index in [1.807, 2.05) is 6.92 Å². The van der Waals surface area contributed by atoms with E-state index in [-0.39, 0.29) is 38.1 Å². The number of hydrogen-bond acceptors (Lipinski definition) is 7. The molecular formula is C21H34N4O9. The van der Waals surface area contributed by atoms with Gasteiger partial charge in [0.05, 0.1) is 6.04 Å². The number of carbonyl (C=O) groups is 6. The molecule has 1 saturated heterocycles. The summed E-state index contributed by atoms with van der Waals surface area (Å²) in [6.45, 7) is 3.77. The highest BCUT2D eigenvalue weighted by Crippen LogP contribution is 2.22. The van der Waals surface area contributed by atoms with E-state index in [0.717, 1.165) is 0 Å². The largest absolute Gasteiger partial charge is 0.481 e. The van der Waals surface area contributed by atoms with E-state index >= 15 is 0 Å². The molecule has 1 fully saturated rings. The molecule has 0 aromatic rings. The fourth-order valence-corrected chi connectivity index (χ4v) is 3.63. The van der Waals surface area contributed by atoms with Gasteiger partial charge in [0.2, 0.25) is 17.7 Å². The Morgan fingerprint density at radius 2 is 1.59 bits per heavy atom. The van der Waals surface area contributed by atoms with Gasteiger partial charge in [-0.15, -0.1) is 0 Å². The highest BCUT2D eigenvalue weighted by molar-refractivity contribution is 5.94. The van der Waals surface area contributed by atoms with Crippen LogP contribution in [0.2, 0.25) is 0 Å². The van der Waals surface area contributed by atoms with E-state index < -0.39 is 66.2 Å². The van der Waals surface area contributed by atoms with Gasteiger partial charge in [-0.2, -0.15) is 0 Å². The standard InChI is InChI=1S/C21H34N4O9/c1-3-11(2)17(24-18(30)12(22)6-8-15(26)27)20(32)25-10-4-5-14(25)19(31)23-13(21(33)34)7-9-16(28)29/h11-14,17H,3-10,22H2,1-2H3,(H,23,31)(H,24,30)(H,26,27)(H,28,29)(H,33,34). The van der Waals surface area contributed by atoms with Gasteiger partial charge in [-0.3, -0.25) is 24.0 Å². The van der Waals surface area contributed by atoms with Crippen molar-refractivity contribution in [1.82, 2.24) is 15.5 Å². The lowest BCUT2D eigenvalue weighted by Crippen LogP contribution is -2.58. The lowest BCUT2D eigenvalue weighted by atomic mass is 9.96. The minimum Gasteiger partial charge on any atom is -0.481 e. The molecule has 1 heterocycles. The van der Waals surface area contributed by atoms with Crippen LogP contribution in [-0.2, 0) is 28.8 Å². The van der Waals surface area contributed by atoms with Crippen LogP contribution >= 0.6 is 0 Å². The zero-order chi connectivity index (χ0) is 26.0. The van der Waals surface area contributed by atoms with Gasteiger partial charge in [0.25, 0.3) is 0 Å². The van der Waals surface area contributed by atoms with Crippen molar-refractivity contribution in [2.45, 2.75) is 83.0 Å². The maximum absolute atomic E-state index is 13.3. The number of likely N-dealkylation sites (tertiary alicyclic amines) is 1. The molecule has 5 atom stereocenters. The Kier molecular flexibility index (Phi) is 11.4. The van der Waals surface area contributed by atoms with E-state index in [1.165, 1.54) is 4.90 Å². The zero-order valence-corrected chi connectivity index (χ0v) is 19.4. The first-order valence-electron chi connectivity index (χ1n) is 11.2. The molecule has 0 aromatic carbocycles. The SMILES string of the molecule is CCC(C)C(NC(=O)C(N)CCC(=O)O)C(=O)N1CCCC1C(=O)NC(CCC(=O)O)C(=O)O. The number of amides is 3. The molecule has 0 radical (unpaired) electrons. The molecule has 0 aliphatic carbocycles. The zero-order valence-electron chi connectivity index (χ0n) is 19.4. The molecule has 0 spiro atoms. The molecule has 0 aromatic heterocycles. The van der Waals surface area contributed by atoms with Crippen molar-refractivity contribution in [1.29, 1.82) is 0 Å². The normalized spacial score (nSPS) is 18.9. The molecule has 13 nitrogen and oxygen atoms in total. The lowest BCUT2D eigenvalue weighted by Gasteiger charge is -2.32. The number of carboxylic acid groups (broad SMARTS) is 3. The van der Waals surface area contributed by atoms with Gasteiger partial charge >= 0.3 is 17.9 Å². The molecule has 13 heteroatoms. The van der Waals surface area contributed by atoms with Gasteiger partial charge in [-0.1, -0.05) is 20.3 Å². The maximum Gasteiger partial charge on any atom is 0.326 e. The first-order chi connectivity index (χ1) is 15.9. The molecule has 7 N–H and O–H groups in total. The van der Waals surface area contributed by atoms with Crippen molar-refractivity contribution in [2.24, 2.45) is 11.7 Å². The van der Waals surface area contributed by atoms with Crippen LogP contribution in [0.3, 0.4) is 0 Å². The molecule has 0 bridgehead atoms. The molecule has 34 heavy (non-hydrogen) atoms. The van der Waals surface area contributed by atoms with Crippen molar-refractivity contribution in [3.05, 3.63) is 0 Å². The quantitative estimate of drug-likeness (QED) is 0.178. The monoisotopic (exact) mass is 486 g/mol. The molecule has 1 aliphatic heterocycles. The fraction of sp³-hybridized carbons (Fsp3) is 0.714. The van der Waals surface area contributed by atoms with Gasteiger partial charge in [0, 0.05) is 19.4 Å². The van der Waals surface area contributed by atoms with Crippen molar-refractivity contribution in [2.75, 3.05) is 6.54 Å². The predicted octanol–water partition coefficient (Wildman–Crippen LogP) is -0.865. The Balaban J connectivity index is 2.94. The number of carbonyl (C=O) groups excluding carboxylic acids is 3. The third-order valence-electron chi connectivity index (χ3n) is 5.88. The van der Waals surface area contributed by atoms with Crippen molar-refractivity contribution in [3.8, 4) is 0 Å². The number of rotatable bonds is 14. The summed E-state index contributed by atoms with van der Waals surface area (Å²) in [5, 5.41) is 31.7. The van der Waals surface area contributed by atoms with Crippen LogP contribution < -0.4 is 16.4 Å². The number of hydrogen-bond donors (Lipinski definition) is 6. The van der Waals surface area contributed by atoms with Crippen LogP contribution in [0.5, 0.6) is 0 Å². The number of nitrogens with one attached hydrogen (secondary N) is 2. The smallest absolute Gasteiger partial charge is 0.326 e. The predicted molar refractivity (Wildman–Crippen MR) is 117 cm³/mol. The van der Waals surface area contributed by atoms with Gasteiger partial charge in [-0.25, -0.2) is 4.79 Å². The van der Waals surface area contributed by atoms with Crippen LogP contribution in [-0.4, -0.2) is 86.6 Å². The molecule has 1 aliphatic rings. The molecule has 5 unspecified atom stereocenters. The second-order valence-electron chi connectivity index (χ2n) is 8.43. The third-order valence-corrected chi connectivity index (χ3v) is 5.88. The van der Waals surface area contributed by atoms with Crippen molar-refractivity contribution >= 4 is 35.6 Å². The molecule has 0 saturated carbocycles. The summed E-state index contributed by atoms with van der Waals surface area (Å²) >= 11 is 0. The highest BCUT2D eigenvalue weighted by Gasteiger charge is 2.40. The summed E-state index contributed by atoms with van der Waals surface area (Å²) in [6.07, 6.45) is 0.105. The molecule has 3 amide bonds. The fourth-order valence-electron chi connectivity index (χ4n) is 3.63. The Morgan fingerprint density at radius 3 is 2.12 bits per heavy atom. The minimum atomic E-state index is -1.42. The lowest BCUT2D eigenvalue weighted by molar-refractivity contribution is -0.146. The maximum atomic E-state index is 13.3. The van der Waals surface area contributed by atoms with E-state index in [1.54, 1.807) is 6.92 Å². The minimum absolute atomic E-state index is 0.107. The van der Waals surface area contributed by atoms with E-state index in [4.69, 9.17) is 15.9 Å². The Bertz CT molecular complexity index is 788. The number of carboxylic acids is 3. The molecule has 192 valence electrons. The van der Waals surface area contributed by atoms with E-state index in [2.05, 4.69) is 10.6 Å². The summed E-state index contributed by atoms with van der Waals surface area (Å²) < 4.78 is 0. The first-order valence-corrected chi connectivity index (χ1v) is 11.2. The van der Waals surface area contributed by atoms with Crippen LogP contribution in [0, 0.1) is 5.92 Å². The number of nitrogens with two attached hydrogens (primary N) is 1. The van der Waals surface area contributed by atoms with Crippen molar-refractivity contribution in [3.63, 3.8) is 0 Å². The summed E-state index contributed by atoms with van der Waals surface area (Å²) in [4.78, 5) is 72.8.